The van der Waals surface area contributed by atoms with Crippen LogP contribution in [0.1, 0.15) is 55.1 Å². The highest BCUT2D eigenvalue weighted by atomic mass is 16.3. The van der Waals surface area contributed by atoms with Crippen molar-refractivity contribution in [1.82, 2.24) is 9.88 Å². The minimum atomic E-state index is 0.0135. The number of nitrogen functional groups attached to an aromatic ring is 1. The molecule has 1 aliphatic rings. The Bertz CT molecular complexity index is 488. The summed E-state index contributed by atoms with van der Waals surface area (Å²) < 4.78 is 0. The number of carbonyl (C=O) groups excluding carboxylic acids is 1. The maximum atomic E-state index is 12.8. The van der Waals surface area contributed by atoms with Gasteiger partial charge in [0, 0.05) is 30.5 Å². The van der Waals surface area contributed by atoms with Gasteiger partial charge in [-0.25, -0.2) is 4.98 Å². The number of rotatable bonds is 5. The van der Waals surface area contributed by atoms with Crippen LogP contribution in [0, 0.1) is 0 Å². The van der Waals surface area contributed by atoms with E-state index in [1.807, 2.05) is 11.0 Å². The normalized spacial score (nSPS) is 18.8. The van der Waals surface area contributed by atoms with Gasteiger partial charge in [-0.2, -0.15) is 0 Å². The highest BCUT2D eigenvalue weighted by molar-refractivity contribution is 5.95. The van der Waals surface area contributed by atoms with E-state index in [2.05, 4.69) is 11.9 Å². The lowest BCUT2D eigenvalue weighted by Crippen LogP contribution is -2.44. The number of likely N-dealkylation sites (tertiary alicyclic amines) is 1. The Balaban J connectivity index is 2.21. The number of aromatic nitrogens is 1. The van der Waals surface area contributed by atoms with Gasteiger partial charge in [-0.05, 0) is 44.2 Å². The van der Waals surface area contributed by atoms with E-state index in [1.165, 1.54) is 0 Å². The summed E-state index contributed by atoms with van der Waals surface area (Å²) >= 11 is 0. The summed E-state index contributed by atoms with van der Waals surface area (Å²) in [5.41, 5.74) is 7.32. The summed E-state index contributed by atoms with van der Waals surface area (Å²) in [6.45, 7) is 2.96. The van der Waals surface area contributed by atoms with Crippen LogP contribution in [0.2, 0.25) is 0 Å². The van der Waals surface area contributed by atoms with Crippen LogP contribution in [0.25, 0.3) is 0 Å². The van der Waals surface area contributed by atoms with E-state index < -0.39 is 0 Å². The molecule has 5 nitrogen and oxygen atoms in total. The van der Waals surface area contributed by atoms with E-state index in [-0.39, 0.29) is 18.6 Å². The van der Waals surface area contributed by atoms with Crippen LogP contribution in [-0.2, 0) is 6.42 Å². The standard InChI is InChI=1S/C16H25N3O2/c1-2-5-13-10-12(11-15(17)18-13)16(21)19-8-4-3-6-14(19)7-9-20/h10-11,14,20H,2-9H2,1H3,(H2,17,18). The summed E-state index contributed by atoms with van der Waals surface area (Å²) in [6.07, 6.45) is 5.55. The molecule has 0 aromatic carbocycles. The average molecular weight is 291 g/mol. The molecular weight excluding hydrogens is 266 g/mol. The predicted octanol–water partition coefficient (Wildman–Crippen LogP) is 1.99. The molecule has 1 unspecified atom stereocenters. The third kappa shape index (κ3) is 3.94. The van der Waals surface area contributed by atoms with Gasteiger partial charge >= 0.3 is 0 Å². The van der Waals surface area contributed by atoms with Gasteiger partial charge in [0.2, 0.25) is 0 Å². The minimum absolute atomic E-state index is 0.0135. The molecule has 1 aromatic heterocycles. The molecule has 1 atom stereocenters. The van der Waals surface area contributed by atoms with E-state index in [9.17, 15) is 9.90 Å². The molecule has 21 heavy (non-hydrogen) atoms. The van der Waals surface area contributed by atoms with Crippen LogP contribution >= 0.6 is 0 Å². The van der Waals surface area contributed by atoms with E-state index in [0.717, 1.165) is 44.3 Å². The molecule has 2 rings (SSSR count). The molecule has 0 radical (unpaired) electrons. The first-order valence-electron chi connectivity index (χ1n) is 7.84. The Morgan fingerprint density at radius 3 is 3.00 bits per heavy atom. The zero-order chi connectivity index (χ0) is 15.2. The first kappa shape index (κ1) is 15.8. The first-order chi connectivity index (χ1) is 10.2. The topological polar surface area (TPSA) is 79.5 Å². The lowest BCUT2D eigenvalue weighted by Gasteiger charge is -2.35. The number of pyridine rings is 1. The number of aryl methyl sites for hydroxylation is 1. The van der Waals surface area contributed by atoms with Crippen molar-refractivity contribution in [1.29, 1.82) is 0 Å². The second-order valence-electron chi connectivity index (χ2n) is 5.68. The number of amides is 1. The SMILES string of the molecule is CCCc1cc(C(=O)N2CCCCC2CCO)cc(N)n1. The van der Waals surface area contributed by atoms with Gasteiger partial charge in [0.15, 0.2) is 0 Å². The summed E-state index contributed by atoms with van der Waals surface area (Å²) in [6, 6.07) is 3.65. The zero-order valence-electron chi connectivity index (χ0n) is 12.7. The third-order valence-corrected chi connectivity index (χ3v) is 4.00. The molecule has 0 aliphatic carbocycles. The van der Waals surface area contributed by atoms with Gasteiger partial charge < -0.3 is 15.7 Å². The summed E-state index contributed by atoms with van der Waals surface area (Å²) in [5, 5.41) is 9.18. The fraction of sp³-hybridized carbons (Fsp3) is 0.625. The second kappa shape index (κ2) is 7.41. The van der Waals surface area contributed by atoms with Gasteiger partial charge in [-0.15, -0.1) is 0 Å². The van der Waals surface area contributed by atoms with Crippen molar-refractivity contribution in [3.05, 3.63) is 23.4 Å². The summed E-state index contributed by atoms with van der Waals surface area (Å²) in [4.78, 5) is 18.9. The number of anilines is 1. The molecule has 1 fully saturated rings. The summed E-state index contributed by atoms with van der Waals surface area (Å²) in [7, 11) is 0. The van der Waals surface area contributed by atoms with Crippen LogP contribution in [-0.4, -0.2) is 40.1 Å². The van der Waals surface area contributed by atoms with Crippen LogP contribution in [0.5, 0.6) is 0 Å². The van der Waals surface area contributed by atoms with Crippen LogP contribution in [0.15, 0.2) is 12.1 Å². The smallest absolute Gasteiger partial charge is 0.254 e. The van der Waals surface area contributed by atoms with Crippen LogP contribution < -0.4 is 5.73 Å². The average Bonchev–Trinajstić information content (AvgIpc) is 2.47. The van der Waals surface area contributed by atoms with Gasteiger partial charge in [0.05, 0.1) is 0 Å². The fourth-order valence-corrected chi connectivity index (χ4v) is 3.00. The van der Waals surface area contributed by atoms with E-state index in [1.54, 1.807) is 6.07 Å². The fourth-order valence-electron chi connectivity index (χ4n) is 3.00. The van der Waals surface area contributed by atoms with Crippen molar-refractivity contribution in [2.24, 2.45) is 0 Å². The van der Waals surface area contributed by atoms with Crippen molar-refractivity contribution in [2.75, 3.05) is 18.9 Å². The number of piperidine rings is 1. The second-order valence-corrected chi connectivity index (χ2v) is 5.68. The highest BCUT2D eigenvalue weighted by Gasteiger charge is 2.27. The number of aliphatic hydroxyl groups is 1. The lowest BCUT2D eigenvalue weighted by molar-refractivity contribution is 0.0574. The van der Waals surface area contributed by atoms with Crippen LogP contribution in [0.4, 0.5) is 5.82 Å². The predicted molar refractivity (Wildman–Crippen MR) is 83.0 cm³/mol. The number of hydrogen-bond acceptors (Lipinski definition) is 4. The lowest BCUT2D eigenvalue weighted by atomic mass is 9.98. The Morgan fingerprint density at radius 1 is 1.48 bits per heavy atom. The third-order valence-electron chi connectivity index (χ3n) is 4.00. The van der Waals surface area contributed by atoms with Gasteiger partial charge in [0.1, 0.15) is 5.82 Å². The number of nitrogens with two attached hydrogens (primary N) is 1. The Labute approximate surface area is 126 Å². The number of hydrogen-bond donors (Lipinski definition) is 2. The van der Waals surface area contributed by atoms with Crippen molar-refractivity contribution < 1.29 is 9.90 Å². The Kier molecular flexibility index (Phi) is 5.56. The van der Waals surface area contributed by atoms with Gasteiger partial charge in [-0.3, -0.25) is 4.79 Å². The van der Waals surface area contributed by atoms with Gasteiger partial charge in [0.25, 0.3) is 5.91 Å². The molecule has 0 saturated carbocycles. The Morgan fingerprint density at radius 2 is 2.29 bits per heavy atom. The molecule has 0 spiro atoms. The highest BCUT2D eigenvalue weighted by Crippen LogP contribution is 2.22. The Hall–Kier alpha value is -1.62. The van der Waals surface area contributed by atoms with Crippen molar-refractivity contribution in [3.8, 4) is 0 Å². The number of carbonyl (C=O) groups is 1. The molecule has 3 N–H and O–H groups in total. The molecule has 0 bridgehead atoms. The van der Waals surface area contributed by atoms with Gasteiger partial charge in [-0.1, -0.05) is 13.3 Å². The van der Waals surface area contributed by atoms with E-state index in [4.69, 9.17) is 5.73 Å². The van der Waals surface area contributed by atoms with Crippen molar-refractivity contribution in [3.63, 3.8) is 0 Å². The van der Waals surface area contributed by atoms with E-state index >= 15 is 0 Å². The monoisotopic (exact) mass is 291 g/mol. The molecular formula is C16H25N3O2. The molecule has 1 aliphatic heterocycles. The summed E-state index contributed by atoms with van der Waals surface area (Å²) in [5.74, 6) is 0.416. The van der Waals surface area contributed by atoms with E-state index in [0.29, 0.717) is 17.8 Å². The first-order valence-corrected chi connectivity index (χ1v) is 7.84. The maximum absolute atomic E-state index is 12.8. The molecule has 1 aromatic rings. The van der Waals surface area contributed by atoms with Crippen molar-refractivity contribution >= 4 is 11.7 Å². The molecule has 1 amide bonds. The molecule has 5 heteroatoms. The van der Waals surface area contributed by atoms with Crippen LogP contribution in [0.3, 0.4) is 0 Å². The molecule has 116 valence electrons. The zero-order valence-corrected chi connectivity index (χ0v) is 12.7. The minimum Gasteiger partial charge on any atom is -0.396 e. The van der Waals surface area contributed by atoms with Crippen molar-refractivity contribution in [2.45, 2.75) is 51.5 Å². The largest absolute Gasteiger partial charge is 0.396 e. The maximum Gasteiger partial charge on any atom is 0.254 e. The molecule has 2 heterocycles. The molecule has 1 saturated heterocycles. The number of aliphatic hydroxyl groups excluding tert-OH is 1. The quantitative estimate of drug-likeness (QED) is 0.869. The number of nitrogens with zero attached hydrogens (tertiary/aromatic N) is 2.